The minimum absolute atomic E-state index is 0.0493. The Balaban J connectivity index is 1.37. The first kappa shape index (κ1) is 28.2. The van der Waals surface area contributed by atoms with Crippen molar-refractivity contribution in [3.63, 3.8) is 0 Å². The molecule has 0 radical (unpaired) electrons. The van der Waals surface area contributed by atoms with Gasteiger partial charge in [0.2, 0.25) is 5.91 Å². The van der Waals surface area contributed by atoms with Crippen molar-refractivity contribution in [2.24, 2.45) is 4.99 Å². The summed E-state index contributed by atoms with van der Waals surface area (Å²) in [7, 11) is 0. The highest BCUT2D eigenvalue weighted by Crippen LogP contribution is 2.38. The van der Waals surface area contributed by atoms with E-state index in [0.29, 0.717) is 39.5 Å². The summed E-state index contributed by atoms with van der Waals surface area (Å²) in [5, 5.41) is 29.2. The molecule has 3 atom stereocenters. The van der Waals surface area contributed by atoms with Gasteiger partial charge in [-0.3, -0.25) is 14.6 Å². The normalized spacial score (nSPS) is 17.1. The van der Waals surface area contributed by atoms with E-state index in [4.69, 9.17) is 4.42 Å². The number of aromatic amines is 1. The molecular formula is C30H28FN4O5S-. The van der Waals surface area contributed by atoms with E-state index >= 15 is 0 Å². The van der Waals surface area contributed by atoms with Crippen LogP contribution in [-0.2, 0) is 16.1 Å². The Labute approximate surface area is 240 Å². The van der Waals surface area contributed by atoms with Crippen LogP contribution >= 0.6 is 12.6 Å². The summed E-state index contributed by atoms with van der Waals surface area (Å²) in [5.74, 6) is -2.47. The molecule has 0 saturated carbocycles. The maximum atomic E-state index is 13.3. The van der Waals surface area contributed by atoms with E-state index in [-0.39, 0.29) is 35.9 Å². The highest BCUT2D eigenvalue weighted by molar-refractivity contribution is 7.82. The fourth-order valence-corrected chi connectivity index (χ4v) is 5.10. The molecule has 1 unspecified atom stereocenters. The highest BCUT2D eigenvalue weighted by Gasteiger charge is 2.33. The minimum atomic E-state index is -2.24. The number of furan rings is 1. The molecule has 2 aromatic heterocycles. The molecule has 4 N–H and O–H groups in total. The Bertz CT molecular complexity index is 1640. The van der Waals surface area contributed by atoms with Crippen LogP contribution in [0.2, 0.25) is 0 Å². The van der Waals surface area contributed by atoms with Crippen LogP contribution in [0.1, 0.15) is 63.1 Å². The van der Waals surface area contributed by atoms with E-state index < -0.39 is 16.7 Å². The Hall–Kier alpha value is -4.35. The van der Waals surface area contributed by atoms with Gasteiger partial charge in [0.05, 0.1) is 23.9 Å². The summed E-state index contributed by atoms with van der Waals surface area (Å²) in [6.07, 6.45) is 1.58. The van der Waals surface area contributed by atoms with Gasteiger partial charge in [0, 0.05) is 35.0 Å². The third kappa shape index (κ3) is 5.50. The number of aromatic nitrogens is 1. The maximum Gasteiger partial charge on any atom is 0.251 e. The Kier molecular flexibility index (Phi) is 7.50. The molecule has 41 heavy (non-hydrogen) atoms. The molecule has 2 amide bonds. The molecule has 0 aliphatic carbocycles. The lowest BCUT2D eigenvalue weighted by molar-refractivity contribution is -0.232. The van der Waals surface area contributed by atoms with Crippen LogP contribution in [-0.4, -0.2) is 27.8 Å². The summed E-state index contributed by atoms with van der Waals surface area (Å²) in [6.45, 7) is 5.31. The number of aliphatic hydroxyl groups is 1. The lowest BCUT2D eigenvalue weighted by Crippen LogP contribution is -2.38. The van der Waals surface area contributed by atoms with Crippen LogP contribution in [0.25, 0.3) is 0 Å². The number of nitrogens with zero attached hydrogens (tertiary/aromatic N) is 1. The van der Waals surface area contributed by atoms with Crippen molar-refractivity contribution in [3.8, 4) is 0 Å². The van der Waals surface area contributed by atoms with Crippen LogP contribution in [0.5, 0.6) is 0 Å². The summed E-state index contributed by atoms with van der Waals surface area (Å²) >= 11 is 4.06. The number of aryl methyl sites for hydroxylation is 1. The lowest BCUT2D eigenvalue weighted by Gasteiger charge is -2.26. The molecule has 1 aliphatic rings. The SMILES string of the molecule is Cc1[nH]c(CC2C(=O)Nc3ccc(C(=O)N[C@H](C)c4ccc(F)cc4)cc32)c(C)c1N=C([O-])[C@](O)(S)c1ccco1. The molecule has 0 spiro atoms. The number of halogens is 1. The zero-order valence-electron chi connectivity index (χ0n) is 22.5. The molecule has 1 aliphatic heterocycles. The van der Waals surface area contributed by atoms with Gasteiger partial charge in [-0.05, 0) is 79.9 Å². The van der Waals surface area contributed by atoms with Crippen molar-refractivity contribution in [2.75, 3.05) is 5.32 Å². The van der Waals surface area contributed by atoms with E-state index in [9.17, 15) is 24.2 Å². The fraction of sp³-hybridized carbons (Fsp3) is 0.233. The molecule has 4 aromatic rings. The van der Waals surface area contributed by atoms with Gasteiger partial charge < -0.3 is 30.2 Å². The second-order valence-corrected chi connectivity index (χ2v) is 10.7. The summed E-state index contributed by atoms with van der Waals surface area (Å²) in [5.41, 5.74) is 4.66. The number of nitrogens with one attached hydrogen (secondary N) is 3. The van der Waals surface area contributed by atoms with Gasteiger partial charge in [-0.2, -0.15) is 0 Å². The number of carbonyl (C=O) groups is 2. The van der Waals surface area contributed by atoms with Gasteiger partial charge in [-0.15, -0.1) is 12.6 Å². The standard InChI is InChI=1S/C30H29FN4O5S/c1-15-24(32-17(3)26(15)35-29(38)30(39,41)25-5-4-12-40-25)14-22-21-13-19(8-11-23(21)34-28(22)37)27(36)33-16(2)18-6-9-20(31)10-7-18/h4-13,16,22,32,39,41H,14H2,1-3H3,(H,33,36)(H,34,37)(H,35,38)/p-1/t16-,22?,30-/m1/s1. The summed E-state index contributed by atoms with van der Waals surface area (Å²) in [4.78, 5) is 31.1. The topological polar surface area (TPSA) is 143 Å². The van der Waals surface area contributed by atoms with Gasteiger partial charge in [0.25, 0.3) is 5.91 Å². The van der Waals surface area contributed by atoms with E-state index in [0.717, 1.165) is 5.56 Å². The molecule has 0 saturated heterocycles. The first-order valence-electron chi connectivity index (χ1n) is 12.9. The Morgan fingerprint density at radius 3 is 2.66 bits per heavy atom. The Morgan fingerprint density at radius 2 is 1.98 bits per heavy atom. The van der Waals surface area contributed by atoms with E-state index in [1.54, 1.807) is 51.1 Å². The number of H-pyrrole nitrogens is 1. The average molecular weight is 576 g/mol. The molecule has 9 nitrogen and oxygen atoms in total. The van der Waals surface area contributed by atoms with Crippen LogP contribution in [0.3, 0.4) is 0 Å². The van der Waals surface area contributed by atoms with E-state index in [2.05, 4.69) is 33.2 Å². The van der Waals surface area contributed by atoms with Crippen LogP contribution in [0.4, 0.5) is 15.8 Å². The van der Waals surface area contributed by atoms with Gasteiger partial charge in [0.15, 0.2) is 10.7 Å². The fourth-order valence-electron chi connectivity index (χ4n) is 4.93. The van der Waals surface area contributed by atoms with E-state index in [1.807, 2.05) is 0 Å². The Morgan fingerprint density at radius 1 is 1.24 bits per heavy atom. The molecule has 0 fully saturated rings. The first-order valence-corrected chi connectivity index (χ1v) is 13.3. The van der Waals surface area contributed by atoms with Crippen molar-refractivity contribution in [2.45, 2.75) is 44.1 Å². The monoisotopic (exact) mass is 575 g/mol. The van der Waals surface area contributed by atoms with Crippen LogP contribution in [0.15, 0.2) is 70.3 Å². The van der Waals surface area contributed by atoms with Gasteiger partial charge in [-0.25, -0.2) is 4.39 Å². The number of rotatable bonds is 8. The van der Waals surface area contributed by atoms with Crippen molar-refractivity contribution in [1.82, 2.24) is 10.3 Å². The van der Waals surface area contributed by atoms with Crippen molar-refractivity contribution in [1.29, 1.82) is 0 Å². The maximum absolute atomic E-state index is 13.3. The number of hydrogen-bond acceptors (Lipinski definition) is 7. The van der Waals surface area contributed by atoms with Gasteiger partial charge in [-0.1, -0.05) is 12.1 Å². The van der Waals surface area contributed by atoms with Crippen molar-refractivity contribution in [3.05, 3.63) is 106 Å². The van der Waals surface area contributed by atoms with Crippen LogP contribution < -0.4 is 15.7 Å². The number of aliphatic imine (C=N–C) groups is 1. The predicted molar refractivity (Wildman–Crippen MR) is 153 cm³/mol. The number of fused-ring (bicyclic) bond motifs is 1. The molecule has 2 aromatic carbocycles. The zero-order chi connectivity index (χ0) is 29.5. The zero-order valence-corrected chi connectivity index (χ0v) is 23.4. The summed E-state index contributed by atoms with van der Waals surface area (Å²) in [6, 6.07) is 13.5. The van der Waals surface area contributed by atoms with Crippen molar-refractivity contribution >= 4 is 41.7 Å². The molecular weight excluding hydrogens is 547 g/mol. The second-order valence-electron chi connectivity index (χ2n) is 10.1. The largest absolute Gasteiger partial charge is 0.859 e. The molecule has 5 rings (SSSR count). The van der Waals surface area contributed by atoms with Gasteiger partial charge >= 0.3 is 0 Å². The molecule has 3 heterocycles. The number of benzene rings is 2. The predicted octanol–water partition coefficient (Wildman–Crippen LogP) is 4.30. The third-order valence-corrected chi connectivity index (χ3v) is 7.68. The number of hydrogen-bond donors (Lipinski definition) is 5. The minimum Gasteiger partial charge on any atom is -0.859 e. The molecule has 212 valence electrons. The molecule has 0 bridgehead atoms. The summed E-state index contributed by atoms with van der Waals surface area (Å²) < 4.78 is 18.4. The van der Waals surface area contributed by atoms with Crippen molar-refractivity contribution < 1.29 is 28.6 Å². The van der Waals surface area contributed by atoms with Crippen LogP contribution in [0, 0.1) is 19.7 Å². The van der Waals surface area contributed by atoms with E-state index in [1.165, 1.54) is 30.5 Å². The number of amides is 2. The lowest BCUT2D eigenvalue weighted by atomic mass is 9.93. The average Bonchev–Trinajstić information content (AvgIpc) is 3.65. The number of anilines is 1. The number of thiol groups is 1. The quantitative estimate of drug-likeness (QED) is 0.0922. The second kappa shape index (κ2) is 10.9. The highest BCUT2D eigenvalue weighted by atomic mass is 32.1. The molecule has 11 heteroatoms. The first-order chi connectivity index (χ1) is 19.5. The number of carbonyl (C=O) groups excluding carboxylic acids is 2. The third-order valence-electron chi connectivity index (χ3n) is 7.27. The smallest absolute Gasteiger partial charge is 0.251 e. The van der Waals surface area contributed by atoms with Gasteiger partial charge in [0.1, 0.15) is 5.82 Å².